The van der Waals surface area contributed by atoms with Crippen LogP contribution < -0.4 is 5.32 Å². The van der Waals surface area contributed by atoms with E-state index in [1.54, 1.807) is 0 Å². The fraction of sp³-hybridized carbons (Fsp3) is 1.00. The van der Waals surface area contributed by atoms with Gasteiger partial charge >= 0.3 is 0 Å². The summed E-state index contributed by atoms with van der Waals surface area (Å²) in [4.78, 5) is 0. The maximum Gasteiger partial charge on any atom is 0.0619 e. The van der Waals surface area contributed by atoms with E-state index in [1.807, 2.05) is 0 Å². The number of rotatable bonds is 5. The van der Waals surface area contributed by atoms with E-state index in [2.05, 4.69) is 5.32 Å². The van der Waals surface area contributed by atoms with Crippen molar-refractivity contribution in [3.8, 4) is 0 Å². The third-order valence-electron chi connectivity index (χ3n) is 3.38. The molecule has 1 N–H and O–H groups in total. The summed E-state index contributed by atoms with van der Waals surface area (Å²) < 4.78 is 11.1. The van der Waals surface area contributed by atoms with Gasteiger partial charge in [-0.1, -0.05) is 0 Å². The molecule has 2 fully saturated rings. The van der Waals surface area contributed by atoms with Gasteiger partial charge in [-0.15, -0.1) is 0 Å². The molecular weight excluding hydrogens is 190 g/mol. The van der Waals surface area contributed by atoms with Crippen LogP contribution in [0, 0.1) is 0 Å². The second kappa shape index (κ2) is 6.46. The largest absolute Gasteiger partial charge is 0.381 e. The third kappa shape index (κ3) is 4.09. The highest BCUT2D eigenvalue weighted by atomic mass is 16.5. The van der Waals surface area contributed by atoms with Crippen LogP contribution in [0.1, 0.15) is 38.5 Å². The van der Waals surface area contributed by atoms with Crippen molar-refractivity contribution in [2.45, 2.75) is 50.7 Å². The summed E-state index contributed by atoms with van der Waals surface area (Å²) in [6, 6.07) is 0.767. The molecule has 2 aliphatic heterocycles. The van der Waals surface area contributed by atoms with Crippen molar-refractivity contribution in [3.63, 3.8) is 0 Å². The van der Waals surface area contributed by atoms with Gasteiger partial charge in [0.1, 0.15) is 0 Å². The molecule has 0 aromatic rings. The SMILES string of the molecule is C1CNC(CCCOC2CCOCC2)C1. The minimum atomic E-state index is 0.468. The van der Waals surface area contributed by atoms with Crippen LogP contribution in [-0.4, -0.2) is 38.5 Å². The summed E-state index contributed by atoms with van der Waals surface area (Å²) in [5, 5.41) is 3.52. The van der Waals surface area contributed by atoms with Crippen molar-refractivity contribution < 1.29 is 9.47 Å². The Bertz CT molecular complexity index is 163. The fourth-order valence-corrected chi connectivity index (χ4v) is 2.43. The predicted molar refractivity (Wildman–Crippen MR) is 60.1 cm³/mol. The van der Waals surface area contributed by atoms with Crippen molar-refractivity contribution in [3.05, 3.63) is 0 Å². The molecule has 0 radical (unpaired) electrons. The summed E-state index contributed by atoms with van der Waals surface area (Å²) in [6.07, 6.45) is 7.83. The quantitative estimate of drug-likeness (QED) is 0.705. The first-order valence-electron chi connectivity index (χ1n) is 6.38. The van der Waals surface area contributed by atoms with Crippen molar-refractivity contribution in [1.29, 1.82) is 0 Å². The first-order valence-corrected chi connectivity index (χ1v) is 6.38. The molecule has 2 saturated heterocycles. The first-order chi connectivity index (χ1) is 7.45. The second-order valence-electron chi connectivity index (χ2n) is 4.62. The van der Waals surface area contributed by atoms with E-state index in [1.165, 1.54) is 32.2 Å². The van der Waals surface area contributed by atoms with Crippen LogP contribution in [0.5, 0.6) is 0 Å². The number of ether oxygens (including phenoxy) is 2. The van der Waals surface area contributed by atoms with Gasteiger partial charge in [0.05, 0.1) is 6.10 Å². The van der Waals surface area contributed by atoms with Gasteiger partial charge < -0.3 is 14.8 Å². The van der Waals surface area contributed by atoms with Gasteiger partial charge in [0, 0.05) is 25.9 Å². The molecule has 2 aliphatic rings. The van der Waals surface area contributed by atoms with Crippen LogP contribution in [-0.2, 0) is 9.47 Å². The molecule has 0 aliphatic carbocycles. The van der Waals surface area contributed by atoms with Crippen molar-refractivity contribution >= 4 is 0 Å². The highest BCUT2D eigenvalue weighted by molar-refractivity contribution is 4.73. The van der Waals surface area contributed by atoms with Gasteiger partial charge in [-0.2, -0.15) is 0 Å². The smallest absolute Gasteiger partial charge is 0.0619 e. The average Bonchev–Trinajstić information content (AvgIpc) is 2.79. The Hall–Kier alpha value is -0.120. The molecule has 3 heteroatoms. The highest BCUT2D eigenvalue weighted by Crippen LogP contribution is 2.13. The Kier molecular flexibility index (Phi) is 4.90. The molecular formula is C12H23NO2. The molecule has 15 heavy (non-hydrogen) atoms. The molecule has 1 atom stereocenters. The topological polar surface area (TPSA) is 30.5 Å². The van der Waals surface area contributed by atoms with Crippen LogP contribution in [0.4, 0.5) is 0 Å². The van der Waals surface area contributed by atoms with Crippen molar-refractivity contribution in [2.24, 2.45) is 0 Å². The summed E-state index contributed by atoms with van der Waals surface area (Å²) >= 11 is 0. The Morgan fingerprint density at radius 3 is 2.80 bits per heavy atom. The van der Waals surface area contributed by atoms with Gasteiger partial charge in [0.25, 0.3) is 0 Å². The minimum absolute atomic E-state index is 0.468. The van der Waals surface area contributed by atoms with E-state index in [0.717, 1.165) is 38.7 Å². The van der Waals surface area contributed by atoms with Crippen LogP contribution >= 0.6 is 0 Å². The molecule has 2 rings (SSSR count). The monoisotopic (exact) mass is 213 g/mol. The Labute approximate surface area is 92.5 Å². The Balaban J connectivity index is 1.47. The van der Waals surface area contributed by atoms with E-state index in [-0.39, 0.29) is 0 Å². The van der Waals surface area contributed by atoms with Gasteiger partial charge in [-0.05, 0) is 45.1 Å². The zero-order valence-corrected chi connectivity index (χ0v) is 9.54. The lowest BCUT2D eigenvalue weighted by atomic mass is 10.1. The summed E-state index contributed by atoms with van der Waals surface area (Å²) in [5.74, 6) is 0. The normalized spacial score (nSPS) is 28.4. The summed E-state index contributed by atoms with van der Waals surface area (Å²) in [6.45, 7) is 3.91. The maximum atomic E-state index is 5.83. The summed E-state index contributed by atoms with van der Waals surface area (Å²) in [7, 11) is 0. The third-order valence-corrected chi connectivity index (χ3v) is 3.38. The number of hydrogen-bond acceptors (Lipinski definition) is 3. The zero-order chi connectivity index (χ0) is 10.3. The van der Waals surface area contributed by atoms with Crippen molar-refractivity contribution in [1.82, 2.24) is 5.32 Å². The minimum Gasteiger partial charge on any atom is -0.381 e. The predicted octanol–water partition coefficient (Wildman–Crippen LogP) is 1.71. The van der Waals surface area contributed by atoms with E-state index >= 15 is 0 Å². The van der Waals surface area contributed by atoms with E-state index in [0.29, 0.717) is 6.10 Å². The lowest BCUT2D eigenvalue weighted by molar-refractivity contribution is -0.0329. The molecule has 3 nitrogen and oxygen atoms in total. The first kappa shape index (κ1) is 11.4. The van der Waals surface area contributed by atoms with Crippen LogP contribution in [0.25, 0.3) is 0 Å². The Morgan fingerprint density at radius 2 is 2.07 bits per heavy atom. The van der Waals surface area contributed by atoms with E-state index in [4.69, 9.17) is 9.47 Å². The fourth-order valence-electron chi connectivity index (χ4n) is 2.43. The molecule has 2 heterocycles. The van der Waals surface area contributed by atoms with Crippen LogP contribution in [0.2, 0.25) is 0 Å². The molecule has 88 valence electrons. The van der Waals surface area contributed by atoms with Gasteiger partial charge in [-0.25, -0.2) is 0 Å². The van der Waals surface area contributed by atoms with Gasteiger partial charge in [-0.3, -0.25) is 0 Å². The lowest BCUT2D eigenvalue weighted by Gasteiger charge is -2.22. The second-order valence-corrected chi connectivity index (χ2v) is 4.62. The standard InChI is InChI=1S/C12H23NO2/c1-3-11(13-7-1)4-2-8-15-12-5-9-14-10-6-12/h11-13H,1-10H2. The molecule has 0 amide bonds. The van der Waals surface area contributed by atoms with Crippen LogP contribution in [0.15, 0.2) is 0 Å². The zero-order valence-electron chi connectivity index (χ0n) is 9.54. The maximum absolute atomic E-state index is 5.83. The summed E-state index contributed by atoms with van der Waals surface area (Å²) in [5.41, 5.74) is 0. The van der Waals surface area contributed by atoms with Gasteiger partial charge in [0.2, 0.25) is 0 Å². The average molecular weight is 213 g/mol. The molecule has 0 bridgehead atoms. The molecule has 0 spiro atoms. The highest BCUT2D eigenvalue weighted by Gasteiger charge is 2.15. The number of nitrogens with one attached hydrogen (secondary N) is 1. The van der Waals surface area contributed by atoms with E-state index < -0.39 is 0 Å². The van der Waals surface area contributed by atoms with E-state index in [9.17, 15) is 0 Å². The molecule has 0 aromatic heterocycles. The van der Waals surface area contributed by atoms with Crippen LogP contribution in [0.3, 0.4) is 0 Å². The number of hydrogen-bond donors (Lipinski definition) is 1. The van der Waals surface area contributed by atoms with Gasteiger partial charge in [0.15, 0.2) is 0 Å². The molecule has 0 aromatic carbocycles. The Morgan fingerprint density at radius 1 is 1.20 bits per heavy atom. The van der Waals surface area contributed by atoms with Crippen molar-refractivity contribution in [2.75, 3.05) is 26.4 Å². The lowest BCUT2D eigenvalue weighted by Crippen LogP contribution is -2.25. The molecule has 0 saturated carbocycles. The molecule has 1 unspecified atom stereocenters.